The van der Waals surface area contributed by atoms with Crippen LogP contribution in [0.25, 0.3) is 0 Å². The predicted octanol–water partition coefficient (Wildman–Crippen LogP) is 1.84. The molecule has 0 spiro atoms. The molecule has 0 aromatic carbocycles. The smallest absolute Gasteiger partial charge is 0.184 e. The molecule has 3 nitrogen and oxygen atoms in total. The molecule has 1 N–H and O–H groups in total. The molecular formula is C10H15NO2. The second-order valence-corrected chi connectivity index (χ2v) is 4.96. The van der Waals surface area contributed by atoms with E-state index in [0.29, 0.717) is 5.71 Å². The molecule has 13 heavy (non-hydrogen) atoms. The molecule has 2 bridgehead atoms. The topological polar surface area (TPSA) is 49.7 Å². The largest absolute Gasteiger partial charge is 0.411 e. The maximum absolute atomic E-state index is 11.7. The average molecular weight is 181 g/mol. The highest BCUT2D eigenvalue weighted by atomic mass is 16.4. The second-order valence-electron chi connectivity index (χ2n) is 4.96. The Morgan fingerprint density at radius 1 is 1.46 bits per heavy atom. The van der Waals surface area contributed by atoms with Gasteiger partial charge in [-0.05, 0) is 18.3 Å². The Kier molecular flexibility index (Phi) is 1.44. The minimum Gasteiger partial charge on any atom is -0.411 e. The normalized spacial score (nSPS) is 44.7. The van der Waals surface area contributed by atoms with Crippen molar-refractivity contribution in [1.82, 2.24) is 0 Å². The van der Waals surface area contributed by atoms with Crippen LogP contribution in [0.1, 0.15) is 33.6 Å². The maximum Gasteiger partial charge on any atom is 0.184 e. The fraction of sp³-hybridized carbons (Fsp3) is 0.800. The highest BCUT2D eigenvalue weighted by Crippen LogP contribution is 2.62. The van der Waals surface area contributed by atoms with Crippen molar-refractivity contribution in [2.45, 2.75) is 33.6 Å². The molecule has 2 unspecified atom stereocenters. The number of fused-ring (bicyclic) bond motifs is 2. The summed E-state index contributed by atoms with van der Waals surface area (Å²) in [6.45, 7) is 6.23. The second kappa shape index (κ2) is 2.14. The molecule has 2 aliphatic carbocycles. The molecule has 2 rings (SSSR count). The lowest BCUT2D eigenvalue weighted by molar-refractivity contribution is -0.117. The molecule has 72 valence electrons. The number of oxime groups is 1. The van der Waals surface area contributed by atoms with Gasteiger partial charge in [0, 0.05) is 11.3 Å². The molecule has 0 amide bonds. The standard InChI is InChI=1S/C10H15NO2/c1-9(2)6-4-5-10(9,3)8(11-13)7(6)12/h6,13H,4-5H2,1-3H3. The summed E-state index contributed by atoms with van der Waals surface area (Å²) in [7, 11) is 0. The van der Waals surface area contributed by atoms with Crippen molar-refractivity contribution in [3.8, 4) is 0 Å². The lowest BCUT2D eigenvalue weighted by Gasteiger charge is -2.32. The van der Waals surface area contributed by atoms with Gasteiger partial charge in [0.25, 0.3) is 0 Å². The van der Waals surface area contributed by atoms with Crippen LogP contribution in [-0.2, 0) is 4.79 Å². The highest BCUT2D eigenvalue weighted by Gasteiger charge is 2.65. The molecular weight excluding hydrogens is 166 g/mol. The quantitative estimate of drug-likeness (QED) is 0.458. The zero-order valence-electron chi connectivity index (χ0n) is 8.29. The maximum atomic E-state index is 11.7. The van der Waals surface area contributed by atoms with Crippen LogP contribution in [0.3, 0.4) is 0 Å². The van der Waals surface area contributed by atoms with Gasteiger partial charge in [0.05, 0.1) is 0 Å². The van der Waals surface area contributed by atoms with E-state index in [1.807, 2.05) is 6.92 Å². The minimum absolute atomic E-state index is 0.0361. The Labute approximate surface area is 77.8 Å². The van der Waals surface area contributed by atoms with E-state index in [9.17, 15) is 4.79 Å². The van der Waals surface area contributed by atoms with Crippen molar-refractivity contribution in [2.75, 3.05) is 0 Å². The first-order chi connectivity index (χ1) is 5.95. The number of Topliss-reactive ketones (excluding diaryl/α,β-unsaturated/α-hetero) is 1. The molecule has 2 saturated carbocycles. The summed E-state index contributed by atoms with van der Waals surface area (Å²) < 4.78 is 0. The number of carbonyl (C=O) groups excluding carboxylic acids is 1. The Bertz CT molecular complexity index is 306. The van der Waals surface area contributed by atoms with Crippen LogP contribution in [0.15, 0.2) is 5.16 Å². The van der Waals surface area contributed by atoms with Gasteiger partial charge in [-0.1, -0.05) is 25.9 Å². The number of ketones is 1. The van der Waals surface area contributed by atoms with Gasteiger partial charge in [0.15, 0.2) is 5.78 Å². The molecule has 2 aliphatic rings. The first kappa shape index (κ1) is 8.73. The first-order valence-electron chi connectivity index (χ1n) is 4.72. The van der Waals surface area contributed by atoms with Crippen molar-refractivity contribution in [1.29, 1.82) is 0 Å². The zero-order chi connectivity index (χ0) is 9.85. The van der Waals surface area contributed by atoms with Gasteiger partial charge in [0.1, 0.15) is 5.71 Å². The van der Waals surface area contributed by atoms with Crippen LogP contribution in [0, 0.1) is 16.7 Å². The summed E-state index contributed by atoms with van der Waals surface area (Å²) in [4.78, 5) is 11.7. The van der Waals surface area contributed by atoms with E-state index in [-0.39, 0.29) is 22.5 Å². The van der Waals surface area contributed by atoms with E-state index in [1.54, 1.807) is 0 Å². The first-order valence-corrected chi connectivity index (χ1v) is 4.72. The van der Waals surface area contributed by atoms with Crippen LogP contribution < -0.4 is 0 Å². The van der Waals surface area contributed by atoms with Crippen molar-refractivity contribution in [3.63, 3.8) is 0 Å². The van der Waals surface area contributed by atoms with E-state index in [2.05, 4.69) is 19.0 Å². The SMILES string of the molecule is CC12CCC(C(=O)C1=NO)C2(C)C. The molecule has 0 aromatic rings. The van der Waals surface area contributed by atoms with Gasteiger partial charge in [-0.25, -0.2) is 0 Å². The summed E-state index contributed by atoms with van der Waals surface area (Å²) >= 11 is 0. The highest BCUT2D eigenvalue weighted by molar-refractivity contribution is 6.45. The summed E-state index contributed by atoms with van der Waals surface area (Å²) in [5.41, 5.74) is 0.156. The number of hydrogen-bond acceptors (Lipinski definition) is 3. The minimum atomic E-state index is -0.205. The average Bonchev–Trinajstić information content (AvgIpc) is 2.32. The summed E-state index contributed by atoms with van der Waals surface area (Å²) in [5.74, 6) is 0.129. The van der Waals surface area contributed by atoms with Crippen LogP contribution >= 0.6 is 0 Å². The third-order valence-electron chi connectivity index (χ3n) is 4.40. The molecule has 3 heteroatoms. The van der Waals surface area contributed by atoms with Gasteiger partial charge in [-0.3, -0.25) is 4.79 Å². The molecule has 0 radical (unpaired) electrons. The lowest BCUT2D eigenvalue weighted by atomic mass is 9.70. The predicted molar refractivity (Wildman–Crippen MR) is 48.8 cm³/mol. The van der Waals surface area contributed by atoms with Crippen molar-refractivity contribution >= 4 is 11.5 Å². The number of rotatable bonds is 0. The van der Waals surface area contributed by atoms with Gasteiger partial charge in [0.2, 0.25) is 0 Å². The van der Waals surface area contributed by atoms with Gasteiger partial charge >= 0.3 is 0 Å². The molecule has 0 heterocycles. The Balaban J connectivity index is 2.59. The van der Waals surface area contributed by atoms with E-state index in [1.165, 1.54) is 0 Å². The van der Waals surface area contributed by atoms with Crippen LogP contribution in [0.4, 0.5) is 0 Å². The van der Waals surface area contributed by atoms with E-state index < -0.39 is 0 Å². The monoisotopic (exact) mass is 181 g/mol. The molecule has 2 fully saturated rings. The fourth-order valence-electron chi connectivity index (χ4n) is 2.98. The Hall–Kier alpha value is -0.860. The third kappa shape index (κ3) is 0.713. The lowest BCUT2D eigenvalue weighted by Crippen LogP contribution is -2.33. The van der Waals surface area contributed by atoms with Gasteiger partial charge in [-0.15, -0.1) is 0 Å². The molecule has 2 atom stereocenters. The van der Waals surface area contributed by atoms with Crippen LogP contribution in [0.2, 0.25) is 0 Å². The molecule has 0 aliphatic heterocycles. The molecule has 0 saturated heterocycles. The Morgan fingerprint density at radius 3 is 2.38 bits per heavy atom. The van der Waals surface area contributed by atoms with Crippen molar-refractivity contribution in [2.24, 2.45) is 21.9 Å². The molecule has 0 aromatic heterocycles. The summed E-state index contributed by atoms with van der Waals surface area (Å²) in [5, 5.41) is 12.0. The van der Waals surface area contributed by atoms with Crippen LogP contribution in [-0.4, -0.2) is 16.7 Å². The summed E-state index contributed by atoms with van der Waals surface area (Å²) in [6.07, 6.45) is 1.91. The van der Waals surface area contributed by atoms with Gasteiger partial charge in [-0.2, -0.15) is 0 Å². The zero-order valence-corrected chi connectivity index (χ0v) is 8.29. The van der Waals surface area contributed by atoms with E-state index in [4.69, 9.17) is 5.21 Å². The number of carbonyl (C=O) groups is 1. The van der Waals surface area contributed by atoms with Crippen molar-refractivity contribution < 1.29 is 10.0 Å². The van der Waals surface area contributed by atoms with Gasteiger partial charge < -0.3 is 5.21 Å². The third-order valence-corrected chi connectivity index (χ3v) is 4.40. The Morgan fingerprint density at radius 2 is 2.08 bits per heavy atom. The van der Waals surface area contributed by atoms with Crippen LogP contribution in [0.5, 0.6) is 0 Å². The number of hydrogen-bond donors (Lipinski definition) is 1. The van der Waals surface area contributed by atoms with E-state index >= 15 is 0 Å². The fourth-order valence-corrected chi connectivity index (χ4v) is 2.98. The van der Waals surface area contributed by atoms with Crippen molar-refractivity contribution in [3.05, 3.63) is 0 Å². The number of nitrogens with zero attached hydrogens (tertiary/aromatic N) is 1. The summed E-state index contributed by atoms with van der Waals surface area (Å²) in [6, 6.07) is 0. The van der Waals surface area contributed by atoms with E-state index in [0.717, 1.165) is 12.8 Å².